The Hall–Kier alpha value is -0.120. The number of ether oxygens (including phenoxy) is 1. The van der Waals surface area contributed by atoms with Gasteiger partial charge < -0.3 is 15.2 Å². The maximum absolute atomic E-state index is 8.65. The molecule has 0 spiro atoms. The number of aliphatic hydroxyl groups is 1. The lowest BCUT2D eigenvalue weighted by Gasteiger charge is -2.09. The molecule has 2 N–H and O–H groups in total. The summed E-state index contributed by atoms with van der Waals surface area (Å²) in [6, 6.07) is 0. The SMILES string of the molecule is OC[C@H]1CNCCCO1. The predicted octanol–water partition coefficient (Wildman–Crippen LogP) is -0.643. The van der Waals surface area contributed by atoms with Crippen LogP contribution in [0.15, 0.2) is 0 Å². The molecule has 0 aliphatic carbocycles. The van der Waals surface area contributed by atoms with Crippen LogP contribution in [0.2, 0.25) is 0 Å². The van der Waals surface area contributed by atoms with Gasteiger partial charge in [0.15, 0.2) is 0 Å². The first-order chi connectivity index (χ1) is 4.43. The smallest absolute Gasteiger partial charge is 0.0929 e. The molecule has 1 heterocycles. The third kappa shape index (κ3) is 2.30. The monoisotopic (exact) mass is 131 g/mol. The van der Waals surface area contributed by atoms with E-state index in [0.29, 0.717) is 0 Å². The van der Waals surface area contributed by atoms with Crippen molar-refractivity contribution < 1.29 is 9.84 Å². The number of hydrogen-bond donors (Lipinski definition) is 2. The van der Waals surface area contributed by atoms with Crippen LogP contribution >= 0.6 is 0 Å². The Morgan fingerprint density at radius 2 is 2.56 bits per heavy atom. The summed E-state index contributed by atoms with van der Waals surface area (Å²) in [5, 5.41) is 11.8. The molecular formula is C6H13NO2. The molecule has 1 atom stereocenters. The Balaban J connectivity index is 2.18. The summed E-state index contributed by atoms with van der Waals surface area (Å²) in [4.78, 5) is 0. The molecule has 0 aromatic heterocycles. The molecule has 0 aromatic carbocycles. The van der Waals surface area contributed by atoms with Gasteiger partial charge in [-0.3, -0.25) is 0 Å². The molecule has 3 nitrogen and oxygen atoms in total. The van der Waals surface area contributed by atoms with Gasteiger partial charge in [-0.05, 0) is 13.0 Å². The molecule has 9 heavy (non-hydrogen) atoms. The minimum Gasteiger partial charge on any atom is -0.394 e. The van der Waals surface area contributed by atoms with Crippen LogP contribution in [0.1, 0.15) is 6.42 Å². The average molecular weight is 131 g/mol. The zero-order valence-electron chi connectivity index (χ0n) is 5.47. The summed E-state index contributed by atoms with van der Waals surface area (Å²) < 4.78 is 5.24. The van der Waals surface area contributed by atoms with E-state index in [0.717, 1.165) is 26.1 Å². The first kappa shape index (κ1) is 6.99. The highest BCUT2D eigenvalue weighted by Crippen LogP contribution is 1.94. The van der Waals surface area contributed by atoms with E-state index in [1.807, 2.05) is 0 Å². The van der Waals surface area contributed by atoms with Gasteiger partial charge in [-0.1, -0.05) is 0 Å². The Labute approximate surface area is 55.0 Å². The lowest BCUT2D eigenvalue weighted by atomic mass is 10.4. The largest absolute Gasteiger partial charge is 0.394 e. The lowest BCUT2D eigenvalue weighted by Crippen LogP contribution is -2.28. The number of rotatable bonds is 1. The Morgan fingerprint density at radius 3 is 3.33 bits per heavy atom. The second-order valence-electron chi connectivity index (χ2n) is 2.23. The van der Waals surface area contributed by atoms with Gasteiger partial charge >= 0.3 is 0 Å². The van der Waals surface area contributed by atoms with Gasteiger partial charge in [0, 0.05) is 13.2 Å². The van der Waals surface area contributed by atoms with Crippen molar-refractivity contribution in [2.75, 3.05) is 26.3 Å². The van der Waals surface area contributed by atoms with Crippen LogP contribution in [0.5, 0.6) is 0 Å². The molecule has 0 bridgehead atoms. The van der Waals surface area contributed by atoms with E-state index in [9.17, 15) is 0 Å². The molecule has 1 saturated heterocycles. The fraction of sp³-hybridized carbons (Fsp3) is 1.00. The molecule has 1 rings (SSSR count). The van der Waals surface area contributed by atoms with E-state index in [4.69, 9.17) is 9.84 Å². The van der Waals surface area contributed by atoms with E-state index in [2.05, 4.69) is 5.32 Å². The van der Waals surface area contributed by atoms with Gasteiger partial charge in [0.25, 0.3) is 0 Å². The van der Waals surface area contributed by atoms with Gasteiger partial charge in [-0.25, -0.2) is 0 Å². The van der Waals surface area contributed by atoms with Gasteiger partial charge in [0.2, 0.25) is 0 Å². The van der Waals surface area contributed by atoms with Crippen LogP contribution in [0.3, 0.4) is 0 Å². The van der Waals surface area contributed by atoms with Crippen molar-refractivity contribution in [3.05, 3.63) is 0 Å². The summed E-state index contributed by atoms with van der Waals surface area (Å²) >= 11 is 0. The molecule has 0 radical (unpaired) electrons. The second kappa shape index (κ2) is 3.82. The Morgan fingerprint density at radius 1 is 1.67 bits per heavy atom. The van der Waals surface area contributed by atoms with E-state index in [1.165, 1.54) is 0 Å². The number of hydrogen-bond acceptors (Lipinski definition) is 3. The van der Waals surface area contributed by atoms with Crippen molar-refractivity contribution >= 4 is 0 Å². The first-order valence-corrected chi connectivity index (χ1v) is 3.36. The van der Waals surface area contributed by atoms with Gasteiger partial charge in [0.1, 0.15) is 0 Å². The van der Waals surface area contributed by atoms with Crippen LogP contribution in [0.25, 0.3) is 0 Å². The molecule has 0 amide bonds. The third-order valence-electron chi connectivity index (χ3n) is 1.43. The topological polar surface area (TPSA) is 41.5 Å². The van der Waals surface area contributed by atoms with Gasteiger partial charge in [0.05, 0.1) is 12.7 Å². The normalized spacial score (nSPS) is 29.7. The minimum absolute atomic E-state index is 0.0208. The fourth-order valence-electron chi connectivity index (χ4n) is 0.886. The minimum atomic E-state index is 0.0208. The predicted molar refractivity (Wildman–Crippen MR) is 34.3 cm³/mol. The molecule has 3 heteroatoms. The van der Waals surface area contributed by atoms with Crippen molar-refractivity contribution in [1.82, 2.24) is 5.32 Å². The molecule has 1 aliphatic heterocycles. The molecular weight excluding hydrogens is 118 g/mol. The van der Waals surface area contributed by atoms with Crippen LogP contribution in [-0.4, -0.2) is 37.5 Å². The number of aliphatic hydroxyl groups excluding tert-OH is 1. The molecule has 1 fully saturated rings. The average Bonchev–Trinajstić information content (AvgIpc) is 2.13. The molecule has 0 saturated carbocycles. The molecule has 0 unspecified atom stereocenters. The summed E-state index contributed by atoms with van der Waals surface area (Å²) in [6.07, 6.45) is 1.07. The van der Waals surface area contributed by atoms with Crippen molar-refractivity contribution in [1.29, 1.82) is 0 Å². The standard InChI is InChI=1S/C6H13NO2/c8-5-6-4-7-2-1-3-9-6/h6-8H,1-5H2/t6-/m1/s1. The maximum atomic E-state index is 8.65. The van der Waals surface area contributed by atoms with Crippen molar-refractivity contribution in [2.45, 2.75) is 12.5 Å². The Bertz CT molecular complexity index is 69.5. The summed E-state index contributed by atoms with van der Waals surface area (Å²) in [5.41, 5.74) is 0. The van der Waals surface area contributed by atoms with Crippen LogP contribution in [-0.2, 0) is 4.74 Å². The summed E-state index contributed by atoms with van der Waals surface area (Å²) in [7, 11) is 0. The highest BCUT2D eigenvalue weighted by molar-refractivity contribution is 4.63. The van der Waals surface area contributed by atoms with Crippen LogP contribution in [0, 0.1) is 0 Å². The molecule has 1 aliphatic rings. The lowest BCUT2D eigenvalue weighted by molar-refractivity contribution is 0.0249. The number of nitrogens with one attached hydrogen (secondary N) is 1. The summed E-state index contributed by atoms with van der Waals surface area (Å²) in [5.74, 6) is 0. The second-order valence-corrected chi connectivity index (χ2v) is 2.23. The van der Waals surface area contributed by atoms with Crippen LogP contribution < -0.4 is 5.32 Å². The fourth-order valence-corrected chi connectivity index (χ4v) is 0.886. The molecule has 0 aromatic rings. The van der Waals surface area contributed by atoms with E-state index < -0.39 is 0 Å². The van der Waals surface area contributed by atoms with Gasteiger partial charge in [-0.2, -0.15) is 0 Å². The zero-order chi connectivity index (χ0) is 6.53. The first-order valence-electron chi connectivity index (χ1n) is 3.36. The Kier molecular flexibility index (Phi) is 2.97. The zero-order valence-corrected chi connectivity index (χ0v) is 5.47. The third-order valence-corrected chi connectivity index (χ3v) is 1.43. The van der Waals surface area contributed by atoms with E-state index in [-0.39, 0.29) is 12.7 Å². The maximum Gasteiger partial charge on any atom is 0.0929 e. The van der Waals surface area contributed by atoms with Crippen LogP contribution in [0.4, 0.5) is 0 Å². The van der Waals surface area contributed by atoms with E-state index >= 15 is 0 Å². The highest BCUT2D eigenvalue weighted by atomic mass is 16.5. The van der Waals surface area contributed by atoms with E-state index in [1.54, 1.807) is 0 Å². The quantitative estimate of drug-likeness (QED) is 0.497. The van der Waals surface area contributed by atoms with Crippen molar-refractivity contribution in [3.8, 4) is 0 Å². The van der Waals surface area contributed by atoms with Gasteiger partial charge in [-0.15, -0.1) is 0 Å². The molecule has 54 valence electrons. The highest BCUT2D eigenvalue weighted by Gasteiger charge is 2.09. The van der Waals surface area contributed by atoms with Crippen molar-refractivity contribution in [3.63, 3.8) is 0 Å². The van der Waals surface area contributed by atoms with Crippen molar-refractivity contribution in [2.24, 2.45) is 0 Å². The summed E-state index contributed by atoms with van der Waals surface area (Å²) in [6.45, 7) is 2.71.